The molecule has 0 bridgehead atoms. The average molecular weight is 424 g/mol. The maximum absolute atomic E-state index is 6.16. The Bertz CT molecular complexity index is 1010. The van der Waals surface area contributed by atoms with Crippen LogP contribution in [-0.2, 0) is 7.05 Å². The van der Waals surface area contributed by atoms with Gasteiger partial charge in [-0.25, -0.2) is 15.0 Å². The highest BCUT2D eigenvalue weighted by atomic mass is 16.5. The number of hydrogen-bond acceptors (Lipinski definition) is 8. The highest BCUT2D eigenvalue weighted by molar-refractivity contribution is 5.73. The van der Waals surface area contributed by atoms with Gasteiger partial charge in [-0.05, 0) is 39.0 Å². The highest BCUT2D eigenvalue weighted by Gasteiger charge is 2.19. The molecule has 9 nitrogen and oxygen atoms in total. The molecule has 0 saturated heterocycles. The van der Waals surface area contributed by atoms with Crippen molar-refractivity contribution in [2.75, 3.05) is 11.9 Å². The summed E-state index contributed by atoms with van der Waals surface area (Å²) in [6.45, 7) is 4.61. The topological polar surface area (TPSA) is 99.9 Å². The Morgan fingerprint density at radius 2 is 1.97 bits per heavy atom. The average Bonchev–Trinajstić information content (AvgIpc) is 3.15. The van der Waals surface area contributed by atoms with Crippen LogP contribution < -0.4 is 14.8 Å². The van der Waals surface area contributed by atoms with Gasteiger partial charge in [-0.1, -0.05) is 13.3 Å². The van der Waals surface area contributed by atoms with Crippen molar-refractivity contribution in [3.8, 4) is 23.0 Å². The van der Waals surface area contributed by atoms with Gasteiger partial charge in [0, 0.05) is 19.3 Å². The van der Waals surface area contributed by atoms with Crippen LogP contribution in [0.4, 0.5) is 11.8 Å². The van der Waals surface area contributed by atoms with E-state index in [0.29, 0.717) is 30.1 Å². The first-order valence-electron chi connectivity index (χ1n) is 10.9. The molecule has 1 aliphatic carbocycles. The molecule has 3 heterocycles. The molecule has 1 aliphatic rings. The lowest BCUT2D eigenvalue weighted by Gasteiger charge is -2.23. The minimum atomic E-state index is 0.261. The lowest BCUT2D eigenvalue weighted by molar-refractivity contribution is 0.152. The Hall–Kier alpha value is -3.23. The van der Waals surface area contributed by atoms with Gasteiger partial charge in [0.15, 0.2) is 11.6 Å². The summed E-state index contributed by atoms with van der Waals surface area (Å²) in [7, 11) is 1.84. The molecule has 1 fully saturated rings. The van der Waals surface area contributed by atoms with Gasteiger partial charge in [0.2, 0.25) is 11.8 Å². The zero-order chi connectivity index (χ0) is 21.6. The summed E-state index contributed by atoms with van der Waals surface area (Å²) in [6.07, 6.45) is 12.3. The SMILES string of the molecule is CCCOc1ccnc(Nc2c(-c3ncc(OC4CCCCC4)c(C)n3)cnn2C)n1. The molecule has 1 saturated carbocycles. The highest BCUT2D eigenvalue weighted by Crippen LogP contribution is 2.30. The zero-order valence-electron chi connectivity index (χ0n) is 18.3. The second-order valence-electron chi connectivity index (χ2n) is 7.74. The van der Waals surface area contributed by atoms with E-state index < -0.39 is 0 Å². The number of nitrogens with one attached hydrogen (secondary N) is 1. The van der Waals surface area contributed by atoms with Crippen molar-refractivity contribution in [2.45, 2.75) is 58.5 Å². The van der Waals surface area contributed by atoms with Crippen LogP contribution in [0, 0.1) is 6.92 Å². The predicted octanol–water partition coefficient (Wildman–Crippen LogP) is 4.22. The molecular weight excluding hydrogens is 394 g/mol. The van der Waals surface area contributed by atoms with E-state index >= 15 is 0 Å². The molecule has 0 atom stereocenters. The van der Waals surface area contributed by atoms with Crippen molar-refractivity contribution in [1.29, 1.82) is 0 Å². The number of aryl methyl sites for hydroxylation is 2. The van der Waals surface area contributed by atoms with E-state index in [1.807, 2.05) is 14.0 Å². The van der Waals surface area contributed by atoms with Gasteiger partial charge in [0.05, 0.1) is 36.4 Å². The van der Waals surface area contributed by atoms with Crippen LogP contribution in [0.15, 0.2) is 24.7 Å². The van der Waals surface area contributed by atoms with E-state index in [-0.39, 0.29) is 6.10 Å². The standard InChI is InChI=1S/C22H29N7O2/c1-4-12-30-19-10-11-23-22(27-19)28-21-17(13-25-29(21)3)20-24-14-18(15(2)26-20)31-16-8-6-5-7-9-16/h10-11,13-14,16H,4-9,12H2,1-3H3,(H,23,27,28). The first-order valence-corrected chi connectivity index (χ1v) is 10.9. The van der Waals surface area contributed by atoms with Crippen LogP contribution in [0.5, 0.6) is 11.6 Å². The lowest BCUT2D eigenvalue weighted by atomic mass is 9.98. The van der Waals surface area contributed by atoms with Crippen molar-refractivity contribution in [1.82, 2.24) is 29.7 Å². The van der Waals surface area contributed by atoms with E-state index in [9.17, 15) is 0 Å². The molecule has 0 spiro atoms. The lowest BCUT2D eigenvalue weighted by Crippen LogP contribution is -2.20. The smallest absolute Gasteiger partial charge is 0.231 e. The minimum Gasteiger partial charge on any atom is -0.487 e. The largest absolute Gasteiger partial charge is 0.487 e. The van der Waals surface area contributed by atoms with Gasteiger partial charge >= 0.3 is 0 Å². The second-order valence-corrected chi connectivity index (χ2v) is 7.74. The third-order valence-electron chi connectivity index (χ3n) is 5.27. The summed E-state index contributed by atoms with van der Waals surface area (Å²) in [4.78, 5) is 17.9. The normalized spacial score (nSPS) is 14.4. The minimum absolute atomic E-state index is 0.261. The van der Waals surface area contributed by atoms with E-state index in [4.69, 9.17) is 9.47 Å². The number of anilines is 2. The summed E-state index contributed by atoms with van der Waals surface area (Å²) >= 11 is 0. The van der Waals surface area contributed by atoms with Crippen molar-refractivity contribution < 1.29 is 9.47 Å². The Kier molecular flexibility index (Phi) is 6.59. The molecule has 4 rings (SSSR count). The van der Waals surface area contributed by atoms with Gasteiger partial charge in [-0.2, -0.15) is 10.1 Å². The zero-order valence-corrected chi connectivity index (χ0v) is 18.3. The van der Waals surface area contributed by atoms with Crippen molar-refractivity contribution in [3.63, 3.8) is 0 Å². The molecule has 3 aromatic heterocycles. The van der Waals surface area contributed by atoms with E-state index in [2.05, 4.69) is 37.3 Å². The number of nitrogens with zero attached hydrogens (tertiary/aromatic N) is 6. The molecule has 164 valence electrons. The Morgan fingerprint density at radius 3 is 2.74 bits per heavy atom. The number of ether oxygens (including phenoxy) is 2. The molecule has 9 heteroatoms. The number of hydrogen-bond donors (Lipinski definition) is 1. The maximum Gasteiger partial charge on any atom is 0.231 e. The number of rotatable bonds is 8. The molecule has 0 aliphatic heterocycles. The van der Waals surface area contributed by atoms with Gasteiger partial charge in [0.25, 0.3) is 0 Å². The molecular formula is C22H29N7O2. The molecule has 0 aromatic carbocycles. The molecule has 0 unspecified atom stereocenters. The summed E-state index contributed by atoms with van der Waals surface area (Å²) in [5, 5.41) is 7.59. The van der Waals surface area contributed by atoms with Crippen LogP contribution >= 0.6 is 0 Å². The Labute approximate surface area is 182 Å². The van der Waals surface area contributed by atoms with Gasteiger partial charge in [-0.3, -0.25) is 4.68 Å². The molecule has 0 amide bonds. The summed E-state index contributed by atoms with van der Waals surface area (Å²) < 4.78 is 13.5. The fourth-order valence-electron chi connectivity index (χ4n) is 3.61. The number of aromatic nitrogens is 6. The second kappa shape index (κ2) is 9.72. The van der Waals surface area contributed by atoms with Crippen molar-refractivity contribution >= 4 is 11.8 Å². The maximum atomic E-state index is 6.16. The van der Waals surface area contributed by atoms with Gasteiger partial charge in [-0.15, -0.1) is 0 Å². The van der Waals surface area contributed by atoms with E-state index in [1.54, 1.807) is 29.3 Å². The Morgan fingerprint density at radius 1 is 1.13 bits per heavy atom. The first-order chi connectivity index (χ1) is 15.1. The third-order valence-corrected chi connectivity index (χ3v) is 5.27. The summed E-state index contributed by atoms with van der Waals surface area (Å²) in [5.74, 6) is 2.97. The molecule has 1 N–H and O–H groups in total. The van der Waals surface area contributed by atoms with Gasteiger partial charge < -0.3 is 14.8 Å². The van der Waals surface area contributed by atoms with E-state index in [0.717, 1.165) is 36.3 Å². The first kappa shape index (κ1) is 21.0. The third kappa shape index (κ3) is 5.10. The monoisotopic (exact) mass is 423 g/mol. The quantitative estimate of drug-likeness (QED) is 0.575. The van der Waals surface area contributed by atoms with Crippen molar-refractivity contribution in [3.05, 3.63) is 30.4 Å². The Balaban J connectivity index is 1.54. The fraction of sp³-hybridized carbons (Fsp3) is 0.500. The van der Waals surface area contributed by atoms with Crippen LogP contribution in [0.2, 0.25) is 0 Å². The summed E-state index contributed by atoms with van der Waals surface area (Å²) in [5.41, 5.74) is 1.58. The molecule has 31 heavy (non-hydrogen) atoms. The van der Waals surface area contributed by atoms with Crippen LogP contribution in [0.3, 0.4) is 0 Å². The van der Waals surface area contributed by atoms with Gasteiger partial charge in [0.1, 0.15) is 5.82 Å². The van der Waals surface area contributed by atoms with Crippen molar-refractivity contribution in [2.24, 2.45) is 7.05 Å². The summed E-state index contributed by atoms with van der Waals surface area (Å²) in [6, 6.07) is 1.74. The fourth-order valence-corrected chi connectivity index (χ4v) is 3.61. The van der Waals surface area contributed by atoms with E-state index in [1.165, 1.54) is 19.3 Å². The molecule has 3 aromatic rings. The van der Waals surface area contributed by atoms with Crippen LogP contribution in [0.1, 0.15) is 51.1 Å². The van der Waals surface area contributed by atoms with Crippen LogP contribution in [-0.4, -0.2) is 42.4 Å². The van der Waals surface area contributed by atoms with Crippen LogP contribution in [0.25, 0.3) is 11.4 Å². The molecule has 0 radical (unpaired) electrons. The predicted molar refractivity (Wildman–Crippen MR) is 118 cm³/mol.